The van der Waals surface area contributed by atoms with Gasteiger partial charge in [0.25, 0.3) is 0 Å². The van der Waals surface area contributed by atoms with Gasteiger partial charge in [-0.1, -0.05) is 6.92 Å². The molecule has 1 fully saturated rings. The van der Waals surface area contributed by atoms with Crippen LogP contribution in [0.4, 0.5) is 5.82 Å². The van der Waals surface area contributed by atoms with Crippen molar-refractivity contribution in [2.75, 3.05) is 16.8 Å². The van der Waals surface area contributed by atoms with Gasteiger partial charge >= 0.3 is 0 Å². The average Bonchev–Trinajstić information content (AvgIpc) is 2.26. The second-order valence-corrected chi connectivity index (χ2v) is 7.48. The van der Waals surface area contributed by atoms with Crippen LogP contribution in [0.15, 0.2) is 10.7 Å². The first kappa shape index (κ1) is 13.7. The molecule has 1 saturated heterocycles. The Labute approximate surface area is 115 Å². The molecule has 1 aromatic heterocycles. The molecule has 0 bridgehead atoms. The van der Waals surface area contributed by atoms with Gasteiger partial charge < -0.3 is 5.32 Å². The van der Waals surface area contributed by atoms with Crippen LogP contribution in [0.2, 0.25) is 0 Å². The molecule has 18 heavy (non-hydrogen) atoms. The van der Waals surface area contributed by atoms with E-state index in [1.54, 1.807) is 6.07 Å². The van der Waals surface area contributed by atoms with E-state index in [0.717, 1.165) is 23.3 Å². The molecule has 0 radical (unpaired) electrons. The minimum absolute atomic E-state index is 0.0461. The third-order valence-corrected chi connectivity index (χ3v) is 5.10. The summed E-state index contributed by atoms with van der Waals surface area (Å²) in [6.45, 7) is 1.98. The van der Waals surface area contributed by atoms with Gasteiger partial charge in [-0.25, -0.2) is 18.4 Å². The first-order valence-electron chi connectivity index (χ1n) is 5.99. The summed E-state index contributed by atoms with van der Waals surface area (Å²) in [5.74, 6) is 1.93. The summed E-state index contributed by atoms with van der Waals surface area (Å²) in [6, 6.07) is 1.73. The normalized spacial score (nSPS) is 22.7. The molecule has 1 N–H and O–H groups in total. The fourth-order valence-corrected chi connectivity index (χ4v) is 4.10. The van der Waals surface area contributed by atoms with E-state index in [1.807, 2.05) is 6.92 Å². The maximum atomic E-state index is 11.6. The maximum absolute atomic E-state index is 11.6. The number of rotatable bonds is 3. The molecule has 1 aliphatic heterocycles. The van der Waals surface area contributed by atoms with E-state index in [1.165, 1.54) is 0 Å². The first-order chi connectivity index (χ1) is 8.48. The summed E-state index contributed by atoms with van der Waals surface area (Å²) in [4.78, 5) is 8.57. The molecular weight excluding hydrogens is 318 g/mol. The predicted octanol–water partition coefficient (Wildman–Crippen LogP) is 1.79. The Morgan fingerprint density at radius 3 is 2.94 bits per heavy atom. The number of nitrogens with zero attached hydrogens (tertiary/aromatic N) is 2. The molecule has 5 nitrogen and oxygen atoms in total. The molecule has 7 heteroatoms. The van der Waals surface area contributed by atoms with Crippen LogP contribution in [0.3, 0.4) is 0 Å². The number of hydrogen-bond acceptors (Lipinski definition) is 5. The lowest BCUT2D eigenvalue weighted by Gasteiger charge is -2.23. The smallest absolute Gasteiger partial charge is 0.152 e. The zero-order valence-electron chi connectivity index (χ0n) is 10.2. The maximum Gasteiger partial charge on any atom is 0.152 e. The fourth-order valence-electron chi connectivity index (χ4n) is 2.04. The van der Waals surface area contributed by atoms with E-state index in [0.29, 0.717) is 18.0 Å². The van der Waals surface area contributed by atoms with Crippen molar-refractivity contribution in [2.24, 2.45) is 0 Å². The van der Waals surface area contributed by atoms with E-state index in [2.05, 4.69) is 31.2 Å². The number of anilines is 1. The number of sulfone groups is 1. The van der Waals surface area contributed by atoms with Crippen LogP contribution < -0.4 is 5.32 Å². The summed E-state index contributed by atoms with van der Waals surface area (Å²) in [6.07, 6.45) is 2.33. The van der Waals surface area contributed by atoms with Gasteiger partial charge in [0.1, 0.15) is 16.2 Å². The van der Waals surface area contributed by atoms with Gasteiger partial charge in [0.15, 0.2) is 9.84 Å². The first-order valence-corrected chi connectivity index (χ1v) is 8.60. The molecule has 1 aliphatic rings. The second-order valence-electron chi connectivity index (χ2n) is 4.44. The number of aromatic nitrogens is 2. The number of nitrogens with one attached hydrogen (secondary N) is 1. The Morgan fingerprint density at radius 2 is 2.28 bits per heavy atom. The van der Waals surface area contributed by atoms with Crippen molar-refractivity contribution in [3.63, 3.8) is 0 Å². The Bertz CT molecular complexity index is 533. The van der Waals surface area contributed by atoms with Crippen LogP contribution in [0, 0.1) is 0 Å². The van der Waals surface area contributed by atoms with E-state index in [4.69, 9.17) is 0 Å². The van der Waals surface area contributed by atoms with Crippen LogP contribution in [0.1, 0.15) is 25.6 Å². The van der Waals surface area contributed by atoms with E-state index >= 15 is 0 Å². The lowest BCUT2D eigenvalue weighted by Crippen LogP contribution is -2.35. The minimum Gasteiger partial charge on any atom is -0.366 e. The van der Waals surface area contributed by atoms with Gasteiger partial charge in [-0.05, 0) is 28.8 Å². The summed E-state index contributed by atoms with van der Waals surface area (Å²) in [5, 5.41) is 3.19. The number of aryl methyl sites for hydroxylation is 1. The van der Waals surface area contributed by atoms with Crippen LogP contribution in [-0.2, 0) is 16.3 Å². The molecule has 1 unspecified atom stereocenters. The molecule has 1 aromatic rings. The topological polar surface area (TPSA) is 72.0 Å². The van der Waals surface area contributed by atoms with Gasteiger partial charge in [-0.15, -0.1) is 0 Å². The van der Waals surface area contributed by atoms with Crippen molar-refractivity contribution >= 4 is 31.6 Å². The van der Waals surface area contributed by atoms with Gasteiger partial charge in [0.05, 0.1) is 11.5 Å². The van der Waals surface area contributed by atoms with Crippen LogP contribution in [0.5, 0.6) is 0 Å². The molecule has 1 atom stereocenters. The SMILES string of the molecule is CCc1nc(Br)cc(NC2CCCS(=O)(=O)C2)n1. The highest BCUT2D eigenvalue weighted by molar-refractivity contribution is 9.10. The second kappa shape index (κ2) is 5.52. The van der Waals surface area contributed by atoms with Crippen molar-refractivity contribution in [2.45, 2.75) is 32.2 Å². The Hall–Kier alpha value is -0.690. The monoisotopic (exact) mass is 333 g/mol. The molecule has 0 amide bonds. The summed E-state index contributed by atoms with van der Waals surface area (Å²) < 4.78 is 23.8. The van der Waals surface area contributed by atoms with Gasteiger partial charge in [0.2, 0.25) is 0 Å². The van der Waals surface area contributed by atoms with Crippen molar-refractivity contribution in [1.82, 2.24) is 9.97 Å². The van der Waals surface area contributed by atoms with Crippen LogP contribution in [-0.4, -0.2) is 35.9 Å². The Morgan fingerprint density at radius 1 is 1.50 bits per heavy atom. The van der Waals surface area contributed by atoms with E-state index in [9.17, 15) is 8.42 Å². The van der Waals surface area contributed by atoms with Crippen molar-refractivity contribution in [3.8, 4) is 0 Å². The van der Waals surface area contributed by atoms with Gasteiger partial charge in [-0.3, -0.25) is 0 Å². The van der Waals surface area contributed by atoms with E-state index in [-0.39, 0.29) is 11.8 Å². The molecule has 0 aliphatic carbocycles. The third-order valence-electron chi connectivity index (χ3n) is 2.87. The summed E-state index contributed by atoms with van der Waals surface area (Å²) in [7, 11) is -2.90. The van der Waals surface area contributed by atoms with Crippen LogP contribution >= 0.6 is 15.9 Å². The molecule has 2 rings (SSSR count). The molecule has 0 aromatic carbocycles. The third kappa shape index (κ3) is 3.65. The largest absolute Gasteiger partial charge is 0.366 e. The Balaban J connectivity index is 2.11. The average molecular weight is 334 g/mol. The number of halogens is 1. The zero-order valence-corrected chi connectivity index (χ0v) is 12.6. The van der Waals surface area contributed by atoms with Crippen LogP contribution in [0.25, 0.3) is 0 Å². The van der Waals surface area contributed by atoms with Gasteiger partial charge in [-0.2, -0.15) is 0 Å². The lowest BCUT2D eigenvalue weighted by molar-refractivity contribution is 0.561. The van der Waals surface area contributed by atoms with Crippen molar-refractivity contribution in [1.29, 1.82) is 0 Å². The van der Waals surface area contributed by atoms with Crippen molar-refractivity contribution < 1.29 is 8.42 Å². The highest BCUT2D eigenvalue weighted by Crippen LogP contribution is 2.18. The molecule has 0 spiro atoms. The standard InChI is InChI=1S/C11H16BrN3O2S/c1-2-10-14-9(12)6-11(15-10)13-8-4-3-5-18(16,17)7-8/h6,8H,2-5,7H2,1H3,(H,13,14,15). The number of hydrogen-bond donors (Lipinski definition) is 1. The zero-order chi connectivity index (χ0) is 13.2. The summed E-state index contributed by atoms with van der Waals surface area (Å²) in [5.41, 5.74) is 0. The predicted molar refractivity (Wildman–Crippen MR) is 74.4 cm³/mol. The molecule has 0 saturated carbocycles. The molecule has 2 heterocycles. The summed E-state index contributed by atoms with van der Waals surface area (Å²) >= 11 is 3.33. The highest BCUT2D eigenvalue weighted by Gasteiger charge is 2.24. The molecular formula is C11H16BrN3O2S. The lowest BCUT2D eigenvalue weighted by atomic mass is 10.2. The highest BCUT2D eigenvalue weighted by atomic mass is 79.9. The Kier molecular flexibility index (Phi) is 4.21. The quantitative estimate of drug-likeness (QED) is 0.854. The van der Waals surface area contributed by atoms with Crippen molar-refractivity contribution in [3.05, 3.63) is 16.5 Å². The molecule has 100 valence electrons. The van der Waals surface area contributed by atoms with Gasteiger partial charge in [0, 0.05) is 18.5 Å². The van der Waals surface area contributed by atoms with E-state index < -0.39 is 9.84 Å². The minimum atomic E-state index is -2.90. The fraction of sp³-hybridized carbons (Fsp3) is 0.636.